The van der Waals surface area contributed by atoms with E-state index in [0.717, 1.165) is 19.3 Å². The molecule has 0 aromatic rings. The first-order valence-electron chi connectivity index (χ1n) is 4.73. The van der Waals surface area contributed by atoms with Gasteiger partial charge in [-0.3, -0.25) is 9.79 Å². The second kappa shape index (κ2) is 7.32. The molecule has 0 rings (SSSR count). The first kappa shape index (κ1) is 12.9. The maximum absolute atomic E-state index is 11.3. The van der Waals surface area contributed by atoms with Crippen LogP contribution >= 0.6 is 0 Å². The van der Waals surface area contributed by atoms with E-state index in [1.54, 1.807) is 6.92 Å². The van der Waals surface area contributed by atoms with Crippen molar-refractivity contribution in [2.45, 2.75) is 19.4 Å². The van der Waals surface area contributed by atoms with Crippen molar-refractivity contribution < 1.29 is 4.79 Å². The lowest BCUT2D eigenvalue weighted by molar-refractivity contribution is -0.121. The van der Waals surface area contributed by atoms with Crippen LogP contribution in [-0.4, -0.2) is 50.4 Å². The summed E-state index contributed by atoms with van der Waals surface area (Å²) in [4.78, 5) is 17.1. The molecule has 14 heavy (non-hydrogen) atoms. The number of hydrogen-bond donors (Lipinski definition) is 2. The smallest absolute Gasteiger partial charge is 0.244 e. The molecule has 0 fully saturated rings. The Morgan fingerprint density at radius 1 is 1.64 bits per heavy atom. The number of nitrogens with one attached hydrogen (secondary N) is 1. The number of aliphatic imine (C=N–C) groups is 1. The van der Waals surface area contributed by atoms with E-state index in [-0.39, 0.29) is 11.9 Å². The first-order chi connectivity index (χ1) is 6.57. The van der Waals surface area contributed by atoms with E-state index in [1.165, 1.54) is 0 Å². The molecule has 0 aliphatic rings. The molecule has 0 saturated heterocycles. The average molecular weight is 200 g/mol. The number of hydrogen-bond acceptors (Lipinski definition) is 3. The number of rotatable bonds is 6. The lowest BCUT2D eigenvalue weighted by atomic mass is 10.3. The molecule has 0 saturated carbocycles. The van der Waals surface area contributed by atoms with Gasteiger partial charge in [0.1, 0.15) is 6.04 Å². The van der Waals surface area contributed by atoms with Gasteiger partial charge in [0.2, 0.25) is 5.91 Å². The highest BCUT2D eigenvalue weighted by Gasteiger charge is 2.08. The number of nitrogens with two attached hydrogens (primary N) is 1. The van der Waals surface area contributed by atoms with Crippen molar-refractivity contribution in [1.29, 1.82) is 0 Å². The fraction of sp³-hybridized carbons (Fsp3) is 0.778. The van der Waals surface area contributed by atoms with E-state index in [0.29, 0.717) is 6.54 Å². The summed E-state index contributed by atoms with van der Waals surface area (Å²) in [5.74, 6) is -0.0783. The van der Waals surface area contributed by atoms with Gasteiger partial charge in [-0.25, -0.2) is 0 Å². The minimum absolute atomic E-state index is 0.0783. The third-order valence-electron chi connectivity index (χ3n) is 1.77. The quantitative estimate of drug-likeness (QED) is 0.343. The van der Waals surface area contributed by atoms with E-state index >= 15 is 0 Å². The molecule has 3 N–H and O–H groups in total. The van der Waals surface area contributed by atoms with E-state index < -0.39 is 0 Å². The van der Waals surface area contributed by atoms with Gasteiger partial charge < -0.3 is 16.0 Å². The Hall–Kier alpha value is -1.10. The molecule has 0 spiro atoms. The second-order valence-corrected chi connectivity index (χ2v) is 3.42. The van der Waals surface area contributed by atoms with Crippen molar-refractivity contribution in [3.8, 4) is 0 Å². The summed E-state index contributed by atoms with van der Waals surface area (Å²) < 4.78 is 0. The van der Waals surface area contributed by atoms with Crippen LogP contribution in [0.5, 0.6) is 0 Å². The molecule has 5 nitrogen and oxygen atoms in total. The third-order valence-corrected chi connectivity index (χ3v) is 1.77. The molecular formula is C9H20N4O. The van der Waals surface area contributed by atoms with E-state index in [2.05, 4.69) is 15.2 Å². The highest BCUT2D eigenvalue weighted by Crippen LogP contribution is 1.88. The summed E-state index contributed by atoms with van der Waals surface area (Å²) in [6.45, 7) is 3.36. The zero-order valence-electron chi connectivity index (χ0n) is 9.16. The van der Waals surface area contributed by atoms with E-state index in [1.807, 2.05) is 14.1 Å². The summed E-state index contributed by atoms with van der Waals surface area (Å²) in [5, 5.41) is 2.79. The van der Waals surface area contributed by atoms with Gasteiger partial charge in [-0.15, -0.1) is 0 Å². The van der Waals surface area contributed by atoms with Crippen molar-refractivity contribution in [3.05, 3.63) is 0 Å². The minimum atomic E-state index is -0.389. The minimum Gasteiger partial charge on any atom is -0.390 e. The summed E-state index contributed by atoms with van der Waals surface area (Å²) in [6.07, 6.45) is 2.10. The standard InChI is InChI=1S/C9H20N4O/c1-8(12-7-10)9(14)11-5-4-6-13(2)3/h7-8H,4-6H2,1-3H3,(H2,10,12)(H,11,14). The number of nitrogens with zero attached hydrogens (tertiary/aromatic N) is 2. The van der Waals surface area contributed by atoms with Crippen LogP contribution in [0.2, 0.25) is 0 Å². The Morgan fingerprint density at radius 2 is 2.29 bits per heavy atom. The Kier molecular flexibility index (Phi) is 6.74. The van der Waals surface area contributed by atoms with Crippen LogP contribution < -0.4 is 11.1 Å². The summed E-state index contributed by atoms with van der Waals surface area (Å²) in [7, 11) is 4.01. The highest BCUT2D eigenvalue weighted by atomic mass is 16.2. The molecule has 0 aliphatic heterocycles. The Morgan fingerprint density at radius 3 is 2.79 bits per heavy atom. The van der Waals surface area contributed by atoms with Crippen LogP contribution in [0, 0.1) is 0 Å². The van der Waals surface area contributed by atoms with E-state index in [9.17, 15) is 4.79 Å². The van der Waals surface area contributed by atoms with Crippen molar-refractivity contribution in [3.63, 3.8) is 0 Å². The first-order valence-corrected chi connectivity index (χ1v) is 4.73. The Bertz CT molecular complexity index is 191. The Balaban J connectivity index is 3.54. The maximum Gasteiger partial charge on any atom is 0.244 e. The number of carbonyl (C=O) groups excluding carboxylic acids is 1. The number of amides is 1. The topological polar surface area (TPSA) is 70.7 Å². The molecule has 1 atom stereocenters. The van der Waals surface area contributed by atoms with Crippen molar-refractivity contribution >= 4 is 12.2 Å². The van der Waals surface area contributed by atoms with Crippen LogP contribution in [0.15, 0.2) is 4.99 Å². The van der Waals surface area contributed by atoms with Gasteiger partial charge in [-0.2, -0.15) is 0 Å². The van der Waals surface area contributed by atoms with Crippen LogP contribution in [-0.2, 0) is 4.79 Å². The second-order valence-electron chi connectivity index (χ2n) is 3.42. The van der Waals surface area contributed by atoms with Crippen molar-refractivity contribution in [1.82, 2.24) is 10.2 Å². The zero-order valence-corrected chi connectivity index (χ0v) is 9.16. The molecule has 0 aromatic heterocycles. The van der Waals surface area contributed by atoms with Crippen molar-refractivity contribution in [2.24, 2.45) is 10.7 Å². The molecule has 0 bridgehead atoms. The zero-order chi connectivity index (χ0) is 11.0. The molecular weight excluding hydrogens is 180 g/mol. The van der Waals surface area contributed by atoms with Gasteiger partial charge in [0.15, 0.2) is 0 Å². The van der Waals surface area contributed by atoms with Crippen LogP contribution in [0.3, 0.4) is 0 Å². The summed E-state index contributed by atoms with van der Waals surface area (Å²) in [6, 6.07) is -0.389. The highest BCUT2D eigenvalue weighted by molar-refractivity contribution is 5.82. The fourth-order valence-corrected chi connectivity index (χ4v) is 0.951. The predicted molar refractivity (Wildman–Crippen MR) is 58.3 cm³/mol. The SMILES string of the molecule is CC(/N=C\N)C(=O)NCCCN(C)C. The molecule has 0 radical (unpaired) electrons. The summed E-state index contributed by atoms with van der Waals surface area (Å²) in [5.41, 5.74) is 5.08. The molecule has 5 heteroatoms. The average Bonchev–Trinajstić information content (AvgIpc) is 2.12. The molecule has 0 aliphatic carbocycles. The predicted octanol–water partition coefficient (Wildman–Crippen LogP) is -0.570. The van der Waals surface area contributed by atoms with Gasteiger partial charge in [0.05, 0.1) is 6.34 Å². The van der Waals surface area contributed by atoms with Gasteiger partial charge in [-0.1, -0.05) is 0 Å². The monoisotopic (exact) mass is 200 g/mol. The summed E-state index contributed by atoms with van der Waals surface area (Å²) >= 11 is 0. The molecule has 0 aromatic carbocycles. The van der Waals surface area contributed by atoms with Crippen LogP contribution in [0.4, 0.5) is 0 Å². The molecule has 0 heterocycles. The lowest BCUT2D eigenvalue weighted by Gasteiger charge is -2.11. The maximum atomic E-state index is 11.3. The van der Waals surface area contributed by atoms with Crippen LogP contribution in [0.25, 0.3) is 0 Å². The number of carbonyl (C=O) groups is 1. The van der Waals surface area contributed by atoms with E-state index in [4.69, 9.17) is 5.73 Å². The van der Waals surface area contributed by atoms with Gasteiger partial charge in [0, 0.05) is 6.54 Å². The molecule has 1 amide bonds. The van der Waals surface area contributed by atoms with Gasteiger partial charge in [-0.05, 0) is 34.0 Å². The van der Waals surface area contributed by atoms with Crippen molar-refractivity contribution in [2.75, 3.05) is 27.2 Å². The lowest BCUT2D eigenvalue weighted by Crippen LogP contribution is -2.33. The van der Waals surface area contributed by atoms with Gasteiger partial charge >= 0.3 is 0 Å². The largest absolute Gasteiger partial charge is 0.390 e. The van der Waals surface area contributed by atoms with Crippen LogP contribution in [0.1, 0.15) is 13.3 Å². The third kappa shape index (κ3) is 6.42. The van der Waals surface area contributed by atoms with Gasteiger partial charge in [0.25, 0.3) is 0 Å². The fourth-order valence-electron chi connectivity index (χ4n) is 0.951. The normalized spacial score (nSPS) is 13.4. The molecule has 1 unspecified atom stereocenters. The Labute approximate surface area is 85.4 Å². The molecule has 82 valence electrons.